The van der Waals surface area contributed by atoms with E-state index in [1.807, 2.05) is 13.8 Å². The summed E-state index contributed by atoms with van der Waals surface area (Å²) in [4.78, 5) is 10.6. The molecule has 1 heterocycles. The fraction of sp³-hybridized carbons (Fsp3) is 0.875. The van der Waals surface area contributed by atoms with E-state index in [1.165, 1.54) is 0 Å². The second-order valence-corrected chi connectivity index (χ2v) is 3.50. The minimum absolute atomic E-state index is 0.202. The lowest BCUT2D eigenvalue weighted by atomic mass is 10.2. The molecule has 0 radical (unpaired) electrons. The largest absolute Gasteiger partial charge is 0.456 e. The number of hydrogen-bond acceptors (Lipinski definition) is 3. The van der Waals surface area contributed by atoms with Crippen LogP contribution < -0.4 is 5.32 Å². The molecule has 13 heavy (non-hydrogen) atoms. The van der Waals surface area contributed by atoms with Gasteiger partial charge in [-0.15, -0.1) is 0 Å². The second kappa shape index (κ2) is 3.57. The van der Waals surface area contributed by atoms with Crippen LogP contribution in [-0.2, 0) is 9.53 Å². The van der Waals surface area contributed by atoms with Crippen molar-refractivity contribution in [2.24, 2.45) is 0 Å². The maximum Gasteiger partial charge on any atom is 0.377 e. The molecular weight excluding hydrogens is 180 g/mol. The number of carbonyl (C=O) groups excluding carboxylic acids is 1. The number of nitrogens with one attached hydrogen (secondary N) is 1. The minimum atomic E-state index is -3.29. The standard InChI is InChI=1S/C8H13F2NO2/c1-5(2)11-4-6-3-8(9,10)7(12)13-6/h5-6,11H,3-4H2,1-2H3. The average Bonchev–Trinajstić information content (AvgIpc) is 2.22. The molecular formula is C8H13F2NO2. The van der Waals surface area contributed by atoms with E-state index in [2.05, 4.69) is 10.1 Å². The van der Waals surface area contributed by atoms with Crippen LogP contribution in [0.1, 0.15) is 20.3 Å². The van der Waals surface area contributed by atoms with Crippen molar-refractivity contribution in [2.45, 2.75) is 38.3 Å². The Hall–Kier alpha value is -0.710. The Morgan fingerprint density at radius 2 is 2.31 bits per heavy atom. The van der Waals surface area contributed by atoms with Crippen molar-refractivity contribution < 1.29 is 18.3 Å². The summed E-state index contributed by atoms with van der Waals surface area (Å²) < 4.78 is 29.7. The van der Waals surface area contributed by atoms with Gasteiger partial charge in [-0.3, -0.25) is 0 Å². The zero-order valence-electron chi connectivity index (χ0n) is 7.64. The number of halogens is 2. The Labute approximate surface area is 75.4 Å². The predicted octanol–water partition coefficient (Wildman–Crippen LogP) is 0.935. The van der Waals surface area contributed by atoms with Gasteiger partial charge in [0.05, 0.1) is 6.42 Å². The number of hydrogen-bond donors (Lipinski definition) is 1. The highest BCUT2D eigenvalue weighted by Crippen LogP contribution is 2.30. The molecule has 1 aliphatic heterocycles. The number of ether oxygens (including phenoxy) is 1. The van der Waals surface area contributed by atoms with Crippen molar-refractivity contribution in [3.8, 4) is 0 Å². The van der Waals surface area contributed by atoms with E-state index in [0.29, 0.717) is 6.54 Å². The third kappa shape index (κ3) is 2.62. The molecule has 1 saturated heterocycles. The lowest BCUT2D eigenvalue weighted by Crippen LogP contribution is -2.32. The van der Waals surface area contributed by atoms with Gasteiger partial charge < -0.3 is 10.1 Å². The average molecular weight is 193 g/mol. The van der Waals surface area contributed by atoms with Crippen molar-refractivity contribution in [2.75, 3.05) is 6.54 Å². The third-order valence-corrected chi connectivity index (χ3v) is 1.81. The summed E-state index contributed by atoms with van der Waals surface area (Å²) in [6.07, 6.45) is -1.20. The highest BCUT2D eigenvalue weighted by atomic mass is 19.3. The smallest absolute Gasteiger partial charge is 0.377 e. The molecule has 1 rings (SSSR count). The van der Waals surface area contributed by atoms with E-state index >= 15 is 0 Å². The normalized spacial score (nSPS) is 26.5. The number of carbonyl (C=O) groups is 1. The summed E-state index contributed by atoms with van der Waals surface area (Å²) in [6, 6.07) is 0.202. The molecule has 0 aliphatic carbocycles. The summed E-state index contributed by atoms with van der Waals surface area (Å²) in [5.74, 6) is -4.69. The first-order valence-corrected chi connectivity index (χ1v) is 4.24. The summed E-state index contributed by atoms with van der Waals surface area (Å²) in [6.45, 7) is 4.09. The van der Waals surface area contributed by atoms with Crippen LogP contribution in [0.25, 0.3) is 0 Å². The van der Waals surface area contributed by atoms with Crippen molar-refractivity contribution in [1.29, 1.82) is 0 Å². The molecule has 0 bridgehead atoms. The third-order valence-electron chi connectivity index (χ3n) is 1.81. The van der Waals surface area contributed by atoms with Crippen LogP contribution in [0.15, 0.2) is 0 Å². The van der Waals surface area contributed by atoms with E-state index < -0.39 is 24.4 Å². The Morgan fingerprint density at radius 3 is 2.69 bits per heavy atom. The molecule has 0 aromatic carbocycles. The minimum Gasteiger partial charge on any atom is -0.456 e. The van der Waals surface area contributed by atoms with Crippen LogP contribution in [0.2, 0.25) is 0 Å². The van der Waals surface area contributed by atoms with Gasteiger partial charge in [0.15, 0.2) is 0 Å². The van der Waals surface area contributed by atoms with Gasteiger partial charge in [-0.1, -0.05) is 13.8 Å². The van der Waals surface area contributed by atoms with Gasteiger partial charge in [0.1, 0.15) is 6.10 Å². The van der Waals surface area contributed by atoms with Crippen LogP contribution in [0.4, 0.5) is 8.78 Å². The molecule has 0 aromatic heterocycles. The first-order chi connectivity index (χ1) is 5.92. The van der Waals surface area contributed by atoms with E-state index in [0.717, 1.165) is 0 Å². The first kappa shape index (κ1) is 10.4. The van der Waals surface area contributed by atoms with E-state index in [-0.39, 0.29) is 6.04 Å². The molecule has 76 valence electrons. The van der Waals surface area contributed by atoms with Gasteiger partial charge in [0, 0.05) is 12.6 Å². The van der Waals surface area contributed by atoms with Crippen LogP contribution in [-0.4, -0.2) is 30.6 Å². The van der Waals surface area contributed by atoms with Gasteiger partial charge in [0.2, 0.25) is 0 Å². The highest BCUT2D eigenvalue weighted by Gasteiger charge is 2.50. The fourth-order valence-corrected chi connectivity index (χ4v) is 1.13. The van der Waals surface area contributed by atoms with Crippen molar-refractivity contribution >= 4 is 5.97 Å². The zero-order valence-corrected chi connectivity index (χ0v) is 7.64. The van der Waals surface area contributed by atoms with Crippen molar-refractivity contribution in [3.05, 3.63) is 0 Å². The Bertz CT molecular complexity index is 206. The topological polar surface area (TPSA) is 38.3 Å². The molecule has 1 unspecified atom stereocenters. The summed E-state index contributed by atoms with van der Waals surface area (Å²) in [5, 5.41) is 2.94. The summed E-state index contributed by atoms with van der Waals surface area (Å²) >= 11 is 0. The van der Waals surface area contributed by atoms with Crippen LogP contribution in [0, 0.1) is 0 Å². The lowest BCUT2D eigenvalue weighted by molar-refractivity contribution is -0.159. The Balaban J connectivity index is 2.37. The molecule has 0 spiro atoms. The molecule has 0 aromatic rings. The second-order valence-electron chi connectivity index (χ2n) is 3.50. The number of esters is 1. The molecule has 1 atom stereocenters. The molecule has 3 nitrogen and oxygen atoms in total. The summed E-state index contributed by atoms with van der Waals surface area (Å²) in [5.41, 5.74) is 0. The van der Waals surface area contributed by atoms with E-state index in [4.69, 9.17) is 0 Å². The van der Waals surface area contributed by atoms with Crippen LogP contribution >= 0.6 is 0 Å². The number of alkyl halides is 2. The molecule has 5 heteroatoms. The van der Waals surface area contributed by atoms with Crippen molar-refractivity contribution in [3.63, 3.8) is 0 Å². The Morgan fingerprint density at radius 1 is 1.69 bits per heavy atom. The van der Waals surface area contributed by atoms with Gasteiger partial charge in [-0.05, 0) is 0 Å². The highest BCUT2D eigenvalue weighted by molar-refractivity contribution is 5.79. The monoisotopic (exact) mass is 193 g/mol. The molecule has 0 amide bonds. The van der Waals surface area contributed by atoms with Gasteiger partial charge in [-0.2, -0.15) is 8.78 Å². The summed E-state index contributed by atoms with van der Waals surface area (Å²) in [7, 11) is 0. The number of rotatable bonds is 3. The van der Waals surface area contributed by atoms with E-state index in [1.54, 1.807) is 0 Å². The quantitative estimate of drug-likeness (QED) is 0.678. The molecule has 1 aliphatic rings. The van der Waals surface area contributed by atoms with Crippen LogP contribution in [0.3, 0.4) is 0 Å². The first-order valence-electron chi connectivity index (χ1n) is 4.24. The predicted molar refractivity (Wildman–Crippen MR) is 42.6 cm³/mol. The van der Waals surface area contributed by atoms with Gasteiger partial charge >= 0.3 is 11.9 Å². The fourth-order valence-electron chi connectivity index (χ4n) is 1.13. The molecule has 0 saturated carbocycles. The van der Waals surface area contributed by atoms with Gasteiger partial charge in [0.25, 0.3) is 0 Å². The number of cyclic esters (lactones) is 1. The van der Waals surface area contributed by atoms with Crippen LogP contribution in [0.5, 0.6) is 0 Å². The maximum atomic E-state index is 12.6. The Kier molecular flexibility index (Phi) is 2.85. The lowest BCUT2D eigenvalue weighted by Gasteiger charge is -2.11. The zero-order chi connectivity index (χ0) is 10.1. The molecule has 1 N–H and O–H groups in total. The van der Waals surface area contributed by atoms with E-state index in [9.17, 15) is 13.6 Å². The van der Waals surface area contributed by atoms with Gasteiger partial charge in [-0.25, -0.2) is 4.79 Å². The SMILES string of the molecule is CC(C)NCC1CC(F)(F)C(=O)O1. The molecule has 1 fully saturated rings. The van der Waals surface area contributed by atoms with Crippen molar-refractivity contribution in [1.82, 2.24) is 5.32 Å². The maximum absolute atomic E-state index is 12.6.